The Morgan fingerprint density at radius 1 is 1.00 bits per heavy atom. The van der Waals surface area contributed by atoms with Crippen molar-refractivity contribution in [1.29, 1.82) is 0 Å². The van der Waals surface area contributed by atoms with Gasteiger partial charge in [-0.3, -0.25) is 10.3 Å². The lowest BCUT2D eigenvalue weighted by atomic mass is 9.76. The summed E-state index contributed by atoms with van der Waals surface area (Å²) < 4.78 is 0. The lowest BCUT2D eigenvalue weighted by Crippen LogP contribution is -2.29. The van der Waals surface area contributed by atoms with Crippen molar-refractivity contribution in [3.63, 3.8) is 0 Å². The van der Waals surface area contributed by atoms with Crippen LogP contribution in [0.25, 0.3) is 0 Å². The third-order valence-corrected chi connectivity index (χ3v) is 4.80. The van der Waals surface area contributed by atoms with Gasteiger partial charge in [0.1, 0.15) is 0 Å². The predicted octanol–water partition coefficient (Wildman–Crippen LogP) is 3.29. The first-order valence-electron chi connectivity index (χ1n) is 6.80. The molecule has 1 saturated carbocycles. The molecule has 3 aliphatic rings. The molecule has 2 heteroatoms. The molecule has 0 spiro atoms. The van der Waals surface area contributed by atoms with Gasteiger partial charge in [0.2, 0.25) is 0 Å². The molecule has 1 aliphatic carbocycles. The van der Waals surface area contributed by atoms with Gasteiger partial charge in [-0.05, 0) is 18.9 Å². The molecule has 2 unspecified atom stereocenters. The van der Waals surface area contributed by atoms with E-state index in [1.165, 1.54) is 49.8 Å². The van der Waals surface area contributed by atoms with E-state index in [0.29, 0.717) is 0 Å². The number of fused-ring (bicyclic) bond motifs is 1. The molecule has 0 amide bonds. The van der Waals surface area contributed by atoms with E-state index in [2.05, 4.69) is 40.8 Å². The van der Waals surface area contributed by atoms with Crippen LogP contribution in [0.3, 0.4) is 0 Å². The monoisotopic (exact) mass is 226 g/mol. The van der Waals surface area contributed by atoms with Crippen LogP contribution in [0.4, 0.5) is 5.69 Å². The molecule has 1 aromatic carbocycles. The van der Waals surface area contributed by atoms with E-state index in [-0.39, 0.29) is 11.1 Å². The lowest BCUT2D eigenvalue weighted by molar-refractivity contribution is 0.447. The van der Waals surface area contributed by atoms with E-state index < -0.39 is 0 Å². The molecule has 4 rings (SSSR count). The number of para-hydroxylation sites is 1. The summed E-state index contributed by atoms with van der Waals surface area (Å²) in [5, 5.41) is 3.81. The van der Waals surface area contributed by atoms with Crippen LogP contribution in [-0.2, 0) is 5.54 Å². The minimum Gasteiger partial charge on any atom is -0.293 e. The third-order valence-electron chi connectivity index (χ3n) is 4.80. The molecule has 0 aromatic heterocycles. The summed E-state index contributed by atoms with van der Waals surface area (Å²) in [4.78, 5) is 4.67. The first-order chi connectivity index (χ1) is 8.36. The van der Waals surface area contributed by atoms with Crippen molar-refractivity contribution in [2.24, 2.45) is 4.99 Å². The fraction of sp³-hybridized carbons (Fsp3) is 0.533. The number of hydrogen-bond donors (Lipinski definition) is 1. The van der Waals surface area contributed by atoms with Gasteiger partial charge in [0.15, 0.2) is 0 Å². The summed E-state index contributed by atoms with van der Waals surface area (Å²) >= 11 is 0. The third kappa shape index (κ3) is 1.17. The normalized spacial score (nSPS) is 38.4. The van der Waals surface area contributed by atoms with E-state index >= 15 is 0 Å². The Morgan fingerprint density at radius 3 is 2.76 bits per heavy atom. The Balaban J connectivity index is 1.84. The van der Waals surface area contributed by atoms with Crippen LogP contribution in [0.5, 0.6) is 0 Å². The van der Waals surface area contributed by atoms with Crippen molar-refractivity contribution < 1.29 is 0 Å². The van der Waals surface area contributed by atoms with Gasteiger partial charge >= 0.3 is 0 Å². The molecule has 2 aliphatic heterocycles. The maximum Gasteiger partial charge on any atom is 0.0773 e. The smallest absolute Gasteiger partial charge is 0.0773 e. The van der Waals surface area contributed by atoms with E-state index in [4.69, 9.17) is 0 Å². The first kappa shape index (κ1) is 9.84. The Bertz CT molecular complexity index is 493. The zero-order valence-corrected chi connectivity index (χ0v) is 10.1. The van der Waals surface area contributed by atoms with Crippen molar-refractivity contribution in [1.82, 2.24) is 5.32 Å². The number of nitrogens with zero attached hydrogens (tertiary/aromatic N) is 1. The van der Waals surface area contributed by atoms with Crippen LogP contribution in [0.1, 0.15) is 44.1 Å². The van der Waals surface area contributed by atoms with Crippen LogP contribution in [-0.4, -0.2) is 11.8 Å². The molecule has 2 nitrogen and oxygen atoms in total. The highest BCUT2D eigenvalue weighted by Gasteiger charge is 2.67. The number of aliphatic imine (C=N–C) groups is 1. The predicted molar refractivity (Wildman–Crippen MR) is 69.8 cm³/mol. The van der Waals surface area contributed by atoms with Crippen molar-refractivity contribution in [2.45, 2.75) is 49.6 Å². The van der Waals surface area contributed by atoms with Crippen LogP contribution < -0.4 is 5.32 Å². The topological polar surface area (TPSA) is 34.3 Å². The first-order valence-corrected chi connectivity index (χ1v) is 6.80. The Hall–Kier alpha value is -1.15. The Labute approximate surface area is 102 Å². The lowest BCUT2D eigenvalue weighted by Gasteiger charge is -2.27. The summed E-state index contributed by atoms with van der Waals surface area (Å²) in [7, 11) is 0. The standard InChI is InChI=1S/C15H18N2/c1-2-6-10-15-12-7-3-4-8-13(12)16-11-14(15,17-15)9-5-1/h3-4,7-8,11,17H,1-2,5-6,9-10H2. The quantitative estimate of drug-likeness (QED) is 0.677. The number of hydrogen-bond acceptors (Lipinski definition) is 2. The second kappa shape index (κ2) is 3.20. The van der Waals surface area contributed by atoms with Gasteiger partial charge in [0.25, 0.3) is 0 Å². The molecule has 2 fully saturated rings. The van der Waals surface area contributed by atoms with Crippen molar-refractivity contribution >= 4 is 11.9 Å². The molecule has 0 radical (unpaired) electrons. The number of rotatable bonds is 0. The van der Waals surface area contributed by atoms with Gasteiger partial charge in [0, 0.05) is 11.8 Å². The van der Waals surface area contributed by atoms with Gasteiger partial charge in [-0.25, -0.2) is 0 Å². The van der Waals surface area contributed by atoms with Crippen LogP contribution in [0.15, 0.2) is 29.3 Å². The SMILES string of the molecule is C1=Nc2ccccc2C23CCCCCCC12N3. The zero-order valence-electron chi connectivity index (χ0n) is 10.1. The van der Waals surface area contributed by atoms with Crippen LogP contribution in [0, 0.1) is 0 Å². The largest absolute Gasteiger partial charge is 0.293 e. The molecular formula is C15H18N2. The molecule has 1 aromatic rings. The summed E-state index contributed by atoms with van der Waals surface area (Å²) in [6, 6.07) is 8.65. The van der Waals surface area contributed by atoms with Crippen molar-refractivity contribution in [3.8, 4) is 0 Å². The number of benzene rings is 1. The zero-order chi connectivity index (χ0) is 11.3. The number of nitrogens with one attached hydrogen (secondary N) is 1. The summed E-state index contributed by atoms with van der Waals surface area (Å²) in [5.41, 5.74) is 3.03. The van der Waals surface area contributed by atoms with E-state index in [9.17, 15) is 0 Å². The average Bonchev–Trinajstić information content (AvgIpc) is 2.99. The second-order valence-electron chi connectivity index (χ2n) is 5.69. The fourth-order valence-corrected chi connectivity index (χ4v) is 3.83. The van der Waals surface area contributed by atoms with Crippen LogP contribution in [0.2, 0.25) is 0 Å². The maximum atomic E-state index is 4.67. The highest BCUT2D eigenvalue weighted by molar-refractivity contribution is 5.87. The van der Waals surface area contributed by atoms with E-state index in [0.717, 1.165) is 0 Å². The average molecular weight is 226 g/mol. The van der Waals surface area contributed by atoms with E-state index in [1.807, 2.05) is 0 Å². The molecule has 17 heavy (non-hydrogen) atoms. The van der Waals surface area contributed by atoms with Crippen molar-refractivity contribution in [3.05, 3.63) is 29.8 Å². The van der Waals surface area contributed by atoms with Gasteiger partial charge in [-0.2, -0.15) is 0 Å². The highest BCUT2D eigenvalue weighted by atomic mass is 15.3. The second-order valence-corrected chi connectivity index (χ2v) is 5.69. The summed E-state index contributed by atoms with van der Waals surface area (Å²) in [5.74, 6) is 0. The Morgan fingerprint density at radius 2 is 1.82 bits per heavy atom. The van der Waals surface area contributed by atoms with Crippen LogP contribution >= 0.6 is 0 Å². The van der Waals surface area contributed by atoms with Gasteiger partial charge in [0.05, 0.1) is 16.8 Å². The van der Waals surface area contributed by atoms with E-state index in [1.54, 1.807) is 0 Å². The van der Waals surface area contributed by atoms with Gasteiger partial charge in [-0.1, -0.05) is 43.9 Å². The maximum absolute atomic E-state index is 4.67. The fourth-order valence-electron chi connectivity index (χ4n) is 3.83. The molecule has 0 bridgehead atoms. The minimum atomic E-state index is 0.196. The van der Waals surface area contributed by atoms with Gasteiger partial charge in [-0.15, -0.1) is 0 Å². The Kier molecular flexibility index (Phi) is 1.85. The molecular weight excluding hydrogens is 208 g/mol. The van der Waals surface area contributed by atoms with Gasteiger partial charge < -0.3 is 0 Å². The molecule has 88 valence electrons. The summed E-state index contributed by atoms with van der Waals surface area (Å²) in [6.45, 7) is 0. The molecule has 1 saturated heterocycles. The minimum absolute atomic E-state index is 0.196. The van der Waals surface area contributed by atoms with Crippen molar-refractivity contribution in [2.75, 3.05) is 0 Å². The molecule has 2 heterocycles. The summed E-state index contributed by atoms with van der Waals surface area (Å²) in [6.07, 6.45) is 10.2. The highest BCUT2D eigenvalue weighted by Crippen LogP contribution is 2.58. The molecule has 2 atom stereocenters. The molecule has 1 N–H and O–H groups in total.